The number of benzene rings is 2. The number of nitrogens with one attached hydrogen (secondary N) is 1. The highest BCUT2D eigenvalue weighted by Crippen LogP contribution is 2.26. The van der Waals surface area contributed by atoms with Crippen LogP contribution >= 0.6 is 11.6 Å². The van der Waals surface area contributed by atoms with Crippen LogP contribution in [-0.4, -0.2) is 26.6 Å². The van der Waals surface area contributed by atoms with Crippen molar-refractivity contribution in [1.82, 2.24) is 5.32 Å². The Hall–Kier alpha value is -2.05. The molecule has 0 unspecified atom stereocenters. The van der Waals surface area contributed by atoms with Gasteiger partial charge in [-0.2, -0.15) is 0 Å². The fraction of sp³-hybridized carbons (Fsp3) is 0.316. The van der Waals surface area contributed by atoms with Gasteiger partial charge >= 0.3 is 0 Å². The number of rotatable bonds is 7. The fourth-order valence-corrected chi connectivity index (χ4v) is 4.20. The maximum absolute atomic E-state index is 12.9. The van der Waals surface area contributed by atoms with Crippen LogP contribution in [-0.2, 0) is 14.8 Å². The Balaban J connectivity index is 2.31. The zero-order valence-electron chi connectivity index (χ0n) is 15.0. The quantitative estimate of drug-likeness (QED) is 0.777. The molecule has 2 rings (SSSR count). The molecule has 5 nitrogen and oxygen atoms in total. The molecule has 0 bridgehead atoms. The Labute approximate surface area is 160 Å². The zero-order valence-corrected chi connectivity index (χ0v) is 16.6. The van der Waals surface area contributed by atoms with Crippen molar-refractivity contribution in [1.29, 1.82) is 0 Å². The number of amides is 1. The molecule has 1 amide bonds. The number of hydrogen-bond donors (Lipinski definition) is 1. The van der Waals surface area contributed by atoms with Gasteiger partial charge in [-0.1, -0.05) is 54.9 Å². The molecule has 7 heteroatoms. The van der Waals surface area contributed by atoms with Gasteiger partial charge in [0, 0.05) is 5.02 Å². The highest BCUT2D eigenvalue weighted by molar-refractivity contribution is 7.92. The van der Waals surface area contributed by atoms with Crippen molar-refractivity contribution in [3.8, 4) is 0 Å². The van der Waals surface area contributed by atoms with Gasteiger partial charge in [0.25, 0.3) is 0 Å². The molecule has 0 heterocycles. The van der Waals surface area contributed by atoms with Gasteiger partial charge in [-0.05, 0) is 37.1 Å². The van der Waals surface area contributed by atoms with Crippen LogP contribution in [0.1, 0.15) is 31.9 Å². The van der Waals surface area contributed by atoms with Gasteiger partial charge < -0.3 is 5.32 Å². The lowest BCUT2D eigenvalue weighted by molar-refractivity contribution is -0.122. The molecule has 0 saturated heterocycles. The number of carbonyl (C=O) groups excluding carboxylic acids is 1. The van der Waals surface area contributed by atoms with E-state index in [0.29, 0.717) is 17.1 Å². The van der Waals surface area contributed by atoms with E-state index in [0.717, 1.165) is 16.1 Å². The Morgan fingerprint density at radius 2 is 1.81 bits per heavy atom. The lowest BCUT2D eigenvalue weighted by atomic mass is 10.1. The van der Waals surface area contributed by atoms with Crippen LogP contribution < -0.4 is 9.62 Å². The Morgan fingerprint density at radius 1 is 1.15 bits per heavy atom. The molecule has 0 radical (unpaired) electrons. The van der Waals surface area contributed by atoms with Gasteiger partial charge in [0.15, 0.2) is 0 Å². The van der Waals surface area contributed by atoms with E-state index >= 15 is 0 Å². The molecule has 0 aromatic heterocycles. The normalized spacial score (nSPS) is 13.7. The molecular formula is C19H23ClN2O3S. The summed E-state index contributed by atoms with van der Waals surface area (Å²) in [4.78, 5) is 12.9. The van der Waals surface area contributed by atoms with Crippen LogP contribution in [0.5, 0.6) is 0 Å². The maximum Gasteiger partial charge on any atom is 0.244 e. The molecule has 2 aromatic rings. The molecule has 140 valence electrons. The second kappa shape index (κ2) is 8.56. The fourth-order valence-electron chi connectivity index (χ4n) is 2.81. The van der Waals surface area contributed by atoms with E-state index in [1.807, 2.05) is 37.3 Å². The number of sulfonamides is 1. The first kappa shape index (κ1) is 20.3. The highest BCUT2D eigenvalue weighted by Gasteiger charge is 2.32. The molecule has 26 heavy (non-hydrogen) atoms. The minimum atomic E-state index is -3.68. The number of nitrogens with zero attached hydrogens (tertiary/aromatic N) is 1. The average molecular weight is 395 g/mol. The predicted molar refractivity (Wildman–Crippen MR) is 106 cm³/mol. The van der Waals surface area contributed by atoms with E-state index < -0.39 is 16.1 Å². The highest BCUT2D eigenvalue weighted by atomic mass is 35.5. The third kappa shape index (κ3) is 4.99. The Bertz CT molecular complexity index is 856. The summed E-state index contributed by atoms with van der Waals surface area (Å²) in [5.41, 5.74) is 1.32. The van der Waals surface area contributed by atoms with Crippen molar-refractivity contribution < 1.29 is 13.2 Å². The first-order valence-corrected chi connectivity index (χ1v) is 10.6. The molecule has 2 atom stereocenters. The third-order valence-corrected chi connectivity index (χ3v) is 5.47. The van der Waals surface area contributed by atoms with Gasteiger partial charge in [0.1, 0.15) is 6.04 Å². The monoisotopic (exact) mass is 394 g/mol. The van der Waals surface area contributed by atoms with Crippen molar-refractivity contribution in [2.75, 3.05) is 10.6 Å². The molecule has 1 N–H and O–H groups in total. The number of anilines is 1. The van der Waals surface area contributed by atoms with Crippen LogP contribution in [0.4, 0.5) is 5.69 Å². The Morgan fingerprint density at radius 3 is 2.35 bits per heavy atom. The minimum absolute atomic E-state index is 0.237. The van der Waals surface area contributed by atoms with Crippen LogP contribution in [0, 0.1) is 0 Å². The molecule has 0 spiro atoms. The molecule has 0 saturated carbocycles. The van der Waals surface area contributed by atoms with E-state index in [9.17, 15) is 13.2 Å². The minimum Gasteiger partial charge on any atom is -0.348 e. The third-order valence-electron chi connectivity index (χ3n) is 4.05. The zero-order chi connectivity index (χ0) is 19.3. The van der Waals surface area contributed by atoms with Gasteiger partial charge in [-0.15, -0.1) is 0 Å². The largest absolute Gasteiger partial charge is 0.348 e. The number of halogens is 1. The summed E-state index contributed by atoms with van der Waals surface area (Å²) < 4.78 is 25.9. The van der Waals surface area contributed by atoms with Crippen molar-refractivity contribution in [3.05, 3.63) is 65.2 Å². The van der Waals surface area contributed by atoms with E-state index in [1.165, 1.54) is 0 Å². The summed E-state index contributed by atoms with van der Waals surface area (Å²) in [6, 6.07) is 14.9. The molecule has 0 aliphatic heterocycles. The van der Waals surface area contributed by atoms with Crippen LogP contribution in [0.3, 0.4) is 0 Å². The van der Waals surface area contributed by atoms with E-state index in [2.05, 4.69) is 5.32 Å². The van der Waals surface area contributed by atoms with E-state index in [4.69, 9.17) is 11.6 Å². The molecule has 0 aliphatic rings. The smallest absolute Gasteiger partial charge is 0.244 e. The number of hydrogen-bond acceptors (Lipinski definition) is 3. The molecule has 2 aromatic carbocycles. The summed E-state index contributed by atoms with van der Waals surface area (Å²) in [5.74, 6) is -0.353. The topological polar surface area (TPSA) is 66.5 Å². The molecule has 0 fully saturated rings. The van der Waals surface area contributed by atoms with Crippen LogP contribution in [0.15, 0.2) is 54.6 Å². The van der Waals surface area contributed by atoms with Gasteiger partial charge in [0.2, 0.25) is 15.9 Å². The summed E-state index contributed by atoms with van der Waals surface area (Å²) in [7, 11) is -3.68. The summed E-state index contributed by atoms with van der Waals surface area (Å²) in [6.45, 7) is 3.64. The van der Waals surface area contributed by atoms with Crippen molar-refractivity contribution in [2.45, 2.75) is 32.4 Å². The van der Waals surface area contributed by atoms with Gasteiger partial charge in [0.05, 0.1) is 18.0 Å². The second-order valence-electron chi connectivity index (χ2n) is 6.10. The van der Waals surface area contributed by atoms with E-state index in [1.54, 1.807) is 31.2 Å². The lowest BCUT2D eigenvalue weighted by Crippen LogP contribution is -2.49. The summed E-state index contributed by atoms with van der Waals surface area (Å²) in [6.07, 6.45) is 1.41. The summed E-state index contributed by atoms with van der Waals surface area (Å²) in [5, 5.41) is 3.31. The Kier molecular flexibility index (Phi) is 6.67. The average Bonchev–Trinajstić information content (AvgIpc) is 2.58. The molecule has 0 aliphatic carbocycles. The maximum atomic E-state index is 12.9. The van der Waals surface area contributed by atoms with Crippen LogP contribution in [0.25, 0.3) is 0 Å². The lowest BCUT2D eigenvalue weighted by Gasteiger charge is -2.31. The first-order chi connectivity index (χ1) is 12.2. The SMILES string of the molecule is CC[C@@H](C(=O)N[C@@H](C)c1ccccc1)N(c1cccc(Cl)c1)S(C)(=O)=O. The van der Waals surface area contributed by atoms with Gasteiger partial charge in [-0.3, -0.25) is 9.10 Å². The van der Waals surface area contributed by atoms with Crippen molar-refractivity contribution in [3.63, 3.8) is 0 Å². The first-order valence-electron chi connectivity index (χ1n) is 8.34. The summed E-state index contributed by atoms with van der Waals surface area (Å²) >= 11 is 6.01. The van der Waals surface area contributed by atoms with Crippen LogP contribution in [0.2, 0.25) is 5.02 Å². The van der Waals surface area contributed by atoms with Crippen molar-refractivity contribution in [2.24, 2.45) is 0 Å². The molecular weight excluding hydrogens is 372 g/mol. The van der Waals surface area contributed by atoms with E-state index in [-0.39, 0.29) is 11.9 Å². The van der Waals surface area contributed by atoms with Crippen molar-refractivity contribution >= 4 is 33.2 Å². The second-order valence-corrected chi connectivity index (χ2v) is 8.40. The van der Waals surface area contributed by atoms with Gasteiger partial charge in [-0.25, -0.2) is 8.42 Å². The predicted octanol–water partition coefficient (Wildman–Crippen LogP) is 3.76. The standard InChI is InChI=1S/C19H23ClN2O3S/c1-4-18(19(23)21-14(2)15-9-6-5-7-10-15)22(26(3,24)25)17-12-8-11-16(20)13-17/h5-14,18H,4H2,1-3H3,(H,21,23)/t14-,18-/m0/s1. The number of carbonyl (C=O) groups is 1.